The van der Waals surface area contributed by atoms with E-state index >= 15 is 0 Å². The van der Waals surface area contributed by atoms with E-state index in [9.17, 15) is 9.18 Å². The van der Waals surface area contributed by atoms with Crippen molar-refractivity contribution in [2.75, 3.05) is 6.54 Å². The van der Waals surface area contributed by atoms with E-state index in [0.29, 0.717) is 12.3 Å². The summed E-state index contributed by atoms with van der Waals surface area (Å²) in [5.41, 5.74) is 1.63. The number of carbonyl (C=O) groups excluding carboxylic acids is 1. The van der Waals surface area contributed by atoms with Crippen molar-refractivity contribution in [2.24, 2.45) is 0 Å². The van der Waals surface area contributed by atoms with Crippen LogP contribution in [0.4, 0.5) is 4.39 Å². The lowest BCUT2D eigenvalue weighted by molar-refractivity contribution is -0.134. The Labute approximate surface area is 128 Å². The zero-order valence-electron chi connectivity index (χ0n) is 12.6. The Hall–Kier alpha value is -2.17. The number of halogens is 1. The van der Waals surface area contributed by atoms with Crippen molar-refractivity contribution in [3.05, 3.63) is 53.2 Å². The number of nitrogens with zero attached hydrogens (tertiary/aromatic N) is 2. The van der Waals surface area contributed by atoms with E-state index in [-0.39, 0.29) is 24.2 Å². The van der Waals surface area contributed by atoms with Gasteiger partial charge in [-0.15, -0.1) is 0 Å². The maximum absolute atomic E-state index is 13.5. The summed E-state index contributed by atoms with van der Waals surface area (Å²) in [6.07, 6.45) is 3.09. The highest BCUT2D eigenvalue weighted by Crippen LogP contribution is 2.31. The molecule has 5 heteroatoms. The normalized spacial score (nSPS) is 18.5. The van der Waals surface area contributed by atoms with Gasteiger partial charge in [-0.3, -0.25) is 4.79 Å². The molecule has 1 atom stereocenters. The van der Waals surface area contributed by atoms with Crippen LogP contribution in [0.3, 0.4) is 0 Å². The molecule has 116 valence electrons. The molecule has 0 spiro atoms. The lowest BCUT2D eigenvalue weighted by Gasteiger charge is -2.36. The van der Waals surface area contributed by atoms with Crippen molar-refractivity contribution < 1.29 is 13.7 Å². The van der Waals surface area contributed by atoms with E-state index in [2.05, 4.69) is 5.16 Å². The van der Waals surface area contributed by atoms with Crippen molar-refractivity contribution in [2.45, 2.75) is 38.6 Å². The van der Waals surface area contributed by atoms with Crippen molar-refractivity contribution in [3.63, 3.8) is 0 Å². The quantitative estimate of drug-likeness (QED) is 0.872. The Bertz CT molecular complexity index is 668. The van der Waals surface area contributed by atoms with Crippen molar-refractivity contribution in [1.29, 1.82) is 0 Å². The predicted molar refractivity (Wildman–Crippen MR) is 79.6 cm³/mol. The van der Waals surface area contributed by atoms with Crippen molar-refractivity contribution in [1.82, 2.24) is 10.1 Å². The molecule has 0 radical (unpaired) electrons. The molecule has 0 saturated carbocycles. The van der Waals surface area contributed by atoms with E-state index in [1.165, 1.54) is 12.1 Å². The minimum atomic E-state index is -0.263. The molecule has 1 fully saturated rings. The third kappa shape index (κ3) is 3.18. The molecule has 1 amide bonds. The van der Waals surface area contributed by atoms with Crippen LogP contribution < -0.4 is 0 Å². The van der Waals surface area contributed by atoms with Gasteiger partial charge in [0.15, 0.2) is 0 Å². The van der Waals surface area contributed by atoms with Gasteiger partial charge >= 0.3 is 0 Å². The van der Waals surface area contributed by atoms with Gasteiger partial charge in [0.05, 0.1) is 18.2 Å². The number of hydrogen-bond acceptors (Lipinski definition) is 3. The first-order valence-corrected chi connectivity index (χ1v) is 7.60. The van der Waals surface area contributed by atoms with Gasteiger partial charge < -0.3 is 9.42 Å². The minimum absolute atomic E-state index is 0.00473. The summed E-state index contributed by atoms with van der Waals surface area (Å²) in [7, 11) is 0. The van der Waals surface area contributed by atoms with E-state index in [1.807, 2.05) is 17.9 Å². The van der Waals surface area contributed by atoms with E-state index in [4.69, 9.17) is 4.52 Å². The fourth-order valence-electron chi connectivity index (χ4n) is 3.04. The molecule has 4 nitrogen and oxygen atoms in total. The summed E-state index contributed by atoms with van der Waals surface area (Å²) in [6.45, 7) is 2.53. The molecule has 1 saturated heterocycles. The molecule has 0 unspecified atom stereocenters. The molecule has 2 aromatic rings. The molecule has 1 aliphatic rings. The number of aromatic nitrogens is 1. The smallest absolute Gasteiger partial charge is 0.230 e. The Kier molecular flexibility index (Phi) is 4.22. The second-order valence-corrected chi connectivity index (χ2v) is 5.77. The maximum Gasteiger partial charge on any atom is 0.230 e. The SMILES string of the molecule is Cc1cc(CC(=O)N2CCCC[C@H]2c2cccc(F)c2)on1. The molecule has 0 aliphatic carbocycles. The third-order valence-corrected chi connectivity index (χ3v) is 4.06. The number of rotatable bonds is 3. The second-order valence-electron chi connectivity index (χ2n) is 5.77. The van der Waals surface area contributed by atoms with Crippen molar-refractivity contribution >= 4 is 5.91 Å². The molecule has 0 bridgehead atoms. The van der Waals surface area contributed by atoms with Crippen molar-refractivity contribution in [3.8, 4) is 0 Å². The largest absolute Gasteiger partial charge is 0.361 e. The number of carbonyl (C=O) groups is 1. The summed E-state index contributed by atoms with van der Waals surface area (Å²) in [4.78, 5) is 14.4. The number of hydrogen-bond donors (Lipinski definition) is 0. The first kappa shape index (κ1) is 14.8. The van der Waals surface area contributed by atoms with Gasteiger partial charge in [0.2, 0.25) is 5.91 Å². The molecule has 3 rings (SSSR count). The molecular formula is C17H19FN2O2. The number of likely N-dealkylation sites (tertiary alicyclic amines) is 1. The zero-order chi connectivity index (χ0) is 15.5. The average Bonchev–Trinajstić information content (AvgIpc) is 2.92. The zero-order valence-corrected chi connectivity index (χ0v) is 12.6. The third-order valence-electron chi connectivity index (χ3n) is 4.06. The van der Waals surface area contributed by atoms with Gasteiger partial charge in [0, 0.05) is 12.6 Å². The number of aryl methyl sites for hydroxylation is 1. The highest BCUT2D eigenvalue weighted by molar-refractivity contribution is 5.78. The topological polar surface area (TPSA) is 46.3 Å². The van der Waals surface area contributed by atoms with Gasteiger partial charge in [-0.25, -0.2) is 4.39 Å². The van der Waals surface area contributed by atoms with Crippen LogP contribution in [-0.2, 0) is 11.2 Å². The fourth-order valence-corrected chi connectivity index (χ4v) is 3.04. The summed E-state index contributed by atoms with van der Waals surface area (Å²) in [5.74, 6) is 0.317. The van der Waals surface area contributed by atoms with Crippen LogP contribution in [0.25, 0.3) is 0 Å². The number of benzene rings is 1. The summed E-state index contributed by atoms with van der Waals surface area (Å²) >= 11 is 0. The Morgan fingerprint density at radius 2 is 2.27 bits per heavy atom. The Morgan fingerprint density at radius 1 is 1.41 bits per heavy atom. The average molecular weight is 302 g/mol. The van der Waals surface area contributed by atoms with Gasteiger partial charge in [-0.1, -0.05) is 17.3 Å². The highest BCUT2D eigenvalue weighted by atomic mass is 19.1. The number of amides is 1. The molecule has 0 N–H and O–H groups in total. The summed E-state index contributed by atoms with van der Waals surface area (Å²) in [6, 6.07) is 8.25. The van der Waals surface area contributed by atoms with Gasteiger partial charge in [0.1, 0.15) is 11.6 Å². The molecule has 2 heterocycles. The second kappa shape index (κ2) is 6.30. The molecule has 1 aromatic carbocycles. The van der Waals surface area contributed by atoms with Crippen LogP contribution >= 0.6 is 0 Å². The standard InChI is InChI=1S/C17H19FN2O2/c1-12-9-15(22-19-12)11-17(21)20-8-3-2-7-16(20)13-5-4-6-14(18)10-13/h4-6,9-10,16H,2-3,7-8,11H2,1H3/t16-/m0/s1. The van der Waals surface area contributed by atoms with Crippen LogP contribution in [0.2, 0.25) is 0 Å². The first-order chi connectivity index (χ1) is 10.6. The predicted octanol–water partition coefficient (Wildman–Crippen LogP) is 3.42. The van der Waals surface area contributed by atoms with Crippen LogP contribution in [0, 0.1) is 12.7 Å². The molecular weight excluding hydrogens is 283 g/mol. The van der Waals surface area contributed by atoms with Crippen LogP contribution in [0.15, 0.2) is 34.9 Å². The molecule has 22 heavy (non-hydrogen) atoms. The van der Waals surface area contributed by atoms with Gasteiger partial charge in [0.25, 0.3) is 0 Å². The maximum atomic E-state index is 13.5. The van der Waals surface area contributed by atoms with Crippen LogP contribution in [0.5, 0.6) is 0 Å². The van der Waals surface area contributed by atoms with Crippen LogP contribution in [0.1, 0.15) is 42.3 Å². The fraction of sp³-hybridized carbons (Fsp3) is 0.412. The lowest BCUT2D eigenvalue weighted by atomic mass is 9.94. The van der Waals surface area contributed by atoms with Gasteiger partial charge in [-0.2, -0.15) is 0 Å². The van der Waals surface area contributed by atoms with E-state index in [1.54, 1.807) is 12.1 Å². The summed E-state index contributed by atoms with van der Waals surface area (Å²) in [5, 5.41) is 3.81. The minimum Gasteiger partial charge on any atom is -0.361 e. The molecule has 1 aliphatic heterocycles. The van der Waals surface area contributed by atoms with E-state index in [0.717, 1.165) is 30.5 Å². The molecule has 1 aromatic heterocycles. The lowest BCUT2D eigenvalue weighted by Crippen LogP contribution is -2.39. The first-order valence-electron chi connectivity index (χ1n) is 7.60. The summed E-state index contributed by atoms with van der Waals surface area (Å²) < 4.78 is 18.6. The van der Waals surface area contributed by atoms with E-state index < -0.39 is 0 Å². The Balaban J connectivity index is 1.78. The highest BCUT2D eigenvalue weighted by Gasteiger charge is 2.28. The monoisotopic (exact) mass is 302 g/mol. The Morgan fingerprint density at radius 3 is 3.00 bits per heavy atom. The van der Waals surface area contributed by atoms with Crippen LogP contribution in [-0.4, -0.2) is 22.5 Å². The van der Waals surface area contributed by atoms with Gasteiger partial charge in [-0.05, 0) is 43.9 Å². The number of piperidine rings is 1.